The van der Waals surface area contributed by atoms with Gasteiger partial charge in [0.25, 0.3) is 0 Å². The summed E-state index contributed by atoms with van der Waals surface area (Å²) < 4.78 is 31.6. The van der Waals surface area contributed by atoms with Crippen molar-refractivity contribution in [3.05, 3.63) is 60.7 Å². The van der Waals surface area contributed by atoms with Crippen molar-refractivity contribution in [2.75, 3.05) is 11.5 Å². The highest BCUT2D eigenvalue weighted by Crippen LogP contribution is 2.39. The van der Waals surface area contributed by atoms with Crippen LogP contribution in [0, 0.1) is 0 Å². The largest absolute Gasteiger partial charge is 0.397 e. The zero-order chi connectivity index (χ0) is 18.2. The minimum absolute atomic E-state index is 0.637. The van der Waals surface area contributed by atoms with Gasteiger partial charge in [-0.15, -0.1) is 0 Å². The van der Waals surface area contributed by atoms with Crippen molar-refractivity contribution in [3.8, 4) is 0 Å². The summed E-state index contributed by atoms with van der Waals surface area (Å²) in [4.78, 5) is 0. The molecular weight excluding hydrogens is 340 g/mol. The zero-order valence-corrected chi connectivity index (χ0v) is 13.9. The number of hydrogen-bond donors (Lipinski definition) is 4. The van der Waals surface area contributed by atoms with Crippen molar-refractivity contribution in [2.45, 2.75) is 0 Å². The van der Waals surface area contributed by atoms with E-state index < -0.39 is 10.4 Å². The molecule has 25 heavy (non-hydrogen) atoms. The summed E-state index contributed by atoms with van der Waals surface area (Å²) in [5, 5.41) is 7.05. The lowest BCUT2D eigenvalue weighted by Crippen LogP contribution is -1.96. The molecule has 0 heterocycles. The second kappa shape index (κ2) is 6.21. The van der Waals surface area contributed by atoms with E-state index in [2.05, 4.69) is 48.5 Å². The van der Waals surface area contributed by atoms with Crippen LogP contribution in [0.2, 0.25) is 0 Å². The summed E-state index contributed by atoms with van der Waals surface area (Å²) in [6.45, 7) is 0. The van der Waals surface area contributed by atoms with Crippen molar-refractivity contribution < 1.29 is 17.5 Å². The number of anilines is 2. The lowest BCUT2D eigenvalue weighted by atomic mass is 9.93. The Morgan fingerprint density at radius 3 is 1.48 bits per heavy atom. The van der Waals surface area contributed by atoms with E-state index in [0.29, 0.717) is 11.4 Å². The second-order valence-electron chi connectivity index (χ2n) is 5.53. The first kappa shape index (κ1) is 17.0. The lowest BCUT2D eigenvalue weighted by molar-refractivity contribution is 0.381. The first-order chi connectivity index (χ1) is 11.8. The number of benzene rings is 4. The van der Waals surface area contributed by atoms with Crippen LogP contribution >= 0.6 is 0 Å². The van der Waals surface area contributed by atoms with E-state index >= 15 is 0 Å². The zero-order valence-electron chi connectivity index (χ0n) is 13.0. The number of hydrogen-bond acceptors (Lipinski definition) is 4. The van der Waals surface area contributed by atoms with Crippen LogP contribution in [0.25, 0.3) is 32.3 Å². The Labute approximate surface area is 144 Å². The Kier molecular flexibility index (Phi) is 4.22. The molecule has 0 atom stereocenters. The molecule has 128 valence electrons. The fraction of sp³-hybridized carbons (Fsp3) is 0. The van der Waals surface area contributed by atoms with E-state index in [-0.39, 0.29) is 0 Å². The van der Waals surface area contributed by atoms with Crippen LogP contribution in [0.5, 0.6) is 0 Å². The maximum absolute atomic E-state index is 8.74. The smallest absolute Gasteiger partial charge is 0.394 e. The number of rotatable bonds is 0. The first-order valence-electron chi connectivity index (χ1n) is 7.34. The SMILES string of the molecule is Nc1ccc2c3ccccc3c3ccccc3c2c1N.O=S(=O)(O)O. The molecule has 0 spiro atoms. The van der Waals surface area contributed by atoms with E-state index in [1.54, 1.807) is 0 Å². The third-order valence-electron chi connectivity index (χ3n) is 3.98. The molecule has 0 fully saturated rings. The summed E-state index contributed by atoms with van der Waals surface area (Å²) in [5.41, 5.74) is 13.6. The molecule has 0 unspecified atom stereocenters. The number of fused-ring (bicyclic) bond motifs is 6. The van der Waals surface area contributed by atoms with Gasteiger partial charge >= 0.3 is 10.4 Å². The van der Waals surface area contributed by atoms with Gasteiger partial charge in [0.15, 0.2) is 0 Å². The Bertz CT molecular complexity index is 1160. The molecule has 4 rings (SSSR count). The predicted octanol–water partition coefficient (Wildman–Crippen LogP) is 3.66. The average Bonchev–Trinajstić information content (AvgIpc) is 2.56. The minimum Gasteiger partial charge on any atom is -0.397 e. The van der Waals surface area contributed by atoms with Gasteiger partial charge < -0.3 is 11.5 Å². The van der Waals surface area contributed by atoms with Crippen LogP contribution in [-0.4, -0.2) is 17.5 Å². The fourth-order valence-corrected chi connectivity index (χ4v) is 3.04. The maximum Gasteiger partial charge on any atom is 0.394 e. The molecule has 6 nitrogen and oxygen atoms in total. The topological polar surface area (TPSA) is 127 Å². The molecule has 4 aromatic rings. The first-order valence-corrected chi connectivity index (χ1v) is 8.74. The second-order valence-corrected chi connectivity index (χ2v) is 6.43. The van der Waals surface area contributed by atoms with Gasteiger partial charge in [-0.2, -0.15) is 8.42 Å². The molecule has 0 aliphatic heterocycles. The molecule has 7 heteroatoms. The van der Waals surface area contributed by atoms with Gasteiger partial charge in [0.05, 0.1) is 11.4 Å². The van der Waals surface area contributed by atoms with E-state index in [0.717, 1.165) is 16.2 Å². The molecule has 0 amide bonds. The normalized spacial score (nSPS) is 11.4. The molecule has 0 saturated heterocycles. The van der Waals surface area contributed by atoms with Crippen molar-refractivity contribution >= 4 is 54.1 Å². The fourth-order valence-electron chi connectivity index (χ4n) is 3.04. The summed E-state index contributed by atoms with van der Waals surface area (Å²) in [6, 6.07) is 20.7. The van der Waals surface area contributed by atoms with E-state index in [9.17, 15) is 0 Å². The maximum atomic E-state index is 8.74. The Morgan fingerprint density at radius 2 is 1.00 bits per heavy atom. The molecule has 6 N–H and O–H groups in total. The Morgan fingerprint density at radius 1 is 0.640 bits per heavy atom. The van der Waals surface area contributed by atoms with E-state index in [4.69, 9.17) is 29.0 Å². The molecule has 0 saturated carbocycles. The highest BCUT2D eigenvalue weighted by molar-refractivity contribution is 7.79. The van der Waals surface area contributed by atoms with Gasteiger partial charge in [-0.1, -0.05) is 54.6 Å². The van der Waals surface area contributed by atoms with Crippen LogP contribution in [0.3, 0.4) is 0 Å². The molecule has 0 bridgehead atoms. The summed E-state index contributed by atoms with van der Waals surface area (Å²) in [6.07, 6.45) is 0. The van der Waals surface area contributed by atoms with Gasteiger partial charge in [-0.05, 0) is 33.0 Å². The highest BCUT2D eigenvalue weighted by Gasteiger charge is 2.11. The summed E-state index contributed by atoms with van der Waals surface area (Å²) in [5.74, 6) is 0. The van der Waals surface area contributed by atoms with E-state index in [1.807, 2.05) is 12.1 Å². The van der Waals surface area contributed by atoms with Gasteiger partial charge in [0.1, 0.15) is 0 Å². The molecule has 4 aromatic carbocycles. The van der Waals surface area contributed by atoms with Crippen molar-refractivity contribution in [1.82, 2.24) is 0 Å². The third kappa shape index (κ3) is 3.34. The molecule has 0 aromatic heterocycles. The molecular formula is C18H16N2O4S. The third-order valence-corrected chi connectivity index (χ3v) is 3.98. The average molecular weight is 356 g/mol. The highest BCUT2D eigenvalue weighted by atomic mass is 32.3. The monoisotopic (exact) mass is 356 g/mol. The Balaban J connectivity index is 0.000000324. The summed E-state index contributed by atoms with van der Waals surface area (Å²) in [7, 11) is -4.67. The van der Waals surface area contributed by atoms with Crippen molar-refractivity contribution in [3.63, 3.8) is 0 Å². The van der Waals surface area contributed by atoms with Crippen molar-refractivity contribution in [2.24, 2.45) is 0 Å². The van der Waals surface area contributed by atoms with Gasteiger partial charge in [0, 0.05) is 5.39 Å². The van der Waals surface area contributed by atoms with Crippen LogP contribution in [0.1, 0.15) is 0 Å². The van der Waals surface area contributed by atoms with E-state index in [1.165, 1.54) is 16.2 Å². The standard InChI is InChI=1S/C18H14N2.H2O4S/c19-16-10-9-15-13-7-2-1-5-11(13)12-6-3-4-8-14(12)17(15)18(16)20;1-5(2,3)4/h1-10H,19-20H2;(H2,1,2,3,4). The molecule has 0 radical (unpaired) electrons. The number of nitrogens with two attached hydrogens (primary N) is 2. The van der Waals surface area contributed by atoms with Crippen LogP contribution in [0.15, 0.2) is 60.7 Å². The summed E-state index contributed by atoms with van der Waals surface area (Å²) >= 11 is 0. The van der Waals surface area contributed by atoms with Crippen LogP contribution < -0.4 is 11.5 Å². The molecule has 0 aliphatic carbocycles. The van der Waals surface area contributed by atoms with Crippen LogP contribution in [0.4, 0.5) is 11.4 Å². The van der Waals surface area contributed by atoms with Gasteiger partial charge in [-0.25, -0.2) is 0 Å². The quantitative estimate of drug-likeness (QED) is 0.216. The van der Waals surface area contributed by atoms with Gasteiger partial charge in [-0.3, -0.25) is 9.11 Å². The minimum atomic E-state index is -4.67. The Hall–Kier alpha value is -2.87. The molecule has 0 aliphatic rings. The van der Waals surface area contributed by atoms with Crippen LogP contribution in [-0.2, 0) is 10.4 Å². The van der Waals surface area contributed by atoms with Gasteiger partial charge in [0.2, 0.25) is 0 Å². The van der Waals surface area contributed by atoms with Crippen molar-refractivity contribution in [1.29, 1.82) is 0 Å². The predicted molar refractivity (Wildman–Crippen MR) is 102 cm³/mol. The lowest BCUT2D eigenvalue weighted by Gasteiger charge is -2.13. The number of nitrogen functional groups attached to an aromatic ring is 2.